The smallest absolute Gasteiger partial charge is 0.330 e. The summed E-state index contributed by atoms with van der Waals surface area (Å²) in [5.41, 5.74) is 1.52. The van der Waals surface area contributed by atoms with E-state index in [4.69, 9.17) is 9.47 Å². The zero-order chi connectivity index (χ0) is 15.8. The van der Waals surface area contributed by atoms with Gasteiger partial charge in [0.15, 0.2) is 0 Å². The van der Waals surface area contributed by atoms with E-state index in [9.17, 15) is 9.90 Å². The first-order valence-electron chi connectivity index (χ1n) is 7.61. The second kappa shape index (κ2) is 5.58. The minimum atomic E-state index is -0.449. The first-order valence-corrected chi connectivity index (χ1v) is 7.61. The molecule has 1 aliphatic heterocycles. The molecule has 1 aliphatic carbocycles. The molecule has 1 N–H and O–H groups in total. The fraction of sp³-hybridized carbons (Fsp3) is 0.706. The molecule has 1 unspecified atom stereocenters. The van der Waals surface area contributed by atoms with E-state index >= 15 is 0 Å². The number of fused-ring (bicyclic) bond motifs is 1. The highest BCUT2D eigenvalue weighted by atomic mass is 16.5. The molecular formula is C17H26O4. The average Bonchev–Trinajstić information content (AvgIpc) is 2.66. The Morgan fingerprint density at radius 2 is 2.14 bits per heavy atom. The van der Waals surface area contributed by atoms with Gasteiger partial charge in [-0.25, -0.2) is 4.79 Å². The number of aliphatic hydroxyl groups is 1. The second-order valence-corrected chi connectivity index (χ2v) is 6.94. The van der Waals surface area contributed by atoms with E-state index in [2.05, 4.69) is 19.9 Å². The van der Waals surface area contributed by atoms with Crippen LogP contribution in [0.3, 0.4) is 0 Å². The standard InChI is InChI=1S/C17H26O4/c1-6-20-15(19)7-11(2)13-8-14-16(3,4)9-12(18)10-17(14,5)21-13/h7-8,12-13,18H,6,9-10H2,1-5H3/b11-7+/t12-,13?,17+/m0/s1. The Morgan fingerprint density at radius 3 is 2.76 bits per heavy atom. The van der Waals surface area contributed by atoms with Gasteiger partial charge in [0.05, 0.1) is 24.4 Å². The molecule has 0 aromatic rings. The summed E-state index contributed by atoms with van der Waals surface area (Å²) in [7, 11) is 0. The lowest BCUT2D eigenvalue weighted by molar-refractivity contribution is -0.137. The van der Waals surface area contributed by atoms with Crippen molar-refractivity contribution in [2.45, 2.75) is 65.3 Å². The highest BCUT2D eigenvalue weighted by Crippen LogP contribution is 2.51. The van der Waals surface area contributed by atoms with Crippen LogP contribution in [0.1, 0.15) is 47.5 Å². The van der Waals surface area contributed by atoms with Gasteiger partial charge in [0.2, 0.25) is 0 Å². The van der Waals surface area contributed by atoms with E-state index in [-0.39, 0.29) is 23.6 Å². The van der Waals surface area contributed by atoms with E-state index < -0.39 is 5.60 Å². The van der Waals surface area contributed by atoms with Crippen LogP contribution < -0.4 is 0 Å². The zero-order valence-corrected chi connectivity index (χ0v) is 13.6. The van der Waals surface area contributed by atoms with E-state index in [1.165, 1.54) is 11.6 Å². The van der Waals surface area contributed by atoms with Crippen LogP contribution in [0.25, 0.3) is 0 Å². The van der Waals surface area contributed by atoms with E-state index in [0.717, 1.165) is 12.0 Å². The molecule has 1 heterocycles. The highest BCUT2D eigenvalue weighted by Gasteiger charge is 2.50. The normalized spacial score (nSPS) is 35.1. The number of hydrogen-bond acceptors (Lipinski definition) is 4. The molecule has 0 saturated heterocycles. The molecule has 2 rings (SSSR count). The van der Waals surface area contributed by atoms with Crippen LogP contribution in [0.15, 0.2) is 23.3 Å². The van der Waals surface area contributed by atoms with Crippen molar-refractivity contribution in [3.63, 3.8) is 0 Å². The summed E-state index contributed by atoms with van der Waals surface area (Å²) in [5, 5.41) is 10.1. The summed E-state index contributed by atoms with van der Waals surface area (Å²) in [6.45, 7) is 10.3. The number of esters is 1. The van der Waals surface area contributed by atoms with Gasteiger partial charge in [-0.15, -0.1) is 0 Å². The molecule has 0 aromatic carbocycles. The minimum absolute atomic E-state index is 0.0919. The maximum absolute atomic E-state index is 11.6. The monoisotopic (exact) mass is 294 g/mol. The Labute approximate surface area is 126 Å². The fourth-order valence-corrected chi connectivity index (χ4v) is 3.70. The third-order valence-electron chi connectivity index (χ3n) is 4.46. The van der Waals surface area contributed by atoms with Crippen molar-refractivity contribution in [2.24, 2.45) is 5.41 Å². The lowest BCUT2D eigenvalue weighted by Crippen LogP contribution is -2.45. The largest absolute Gasteiger partial charge is 0.463 e. The Bertz CT molecular complexity index is 489. The fourth-order valence-electron chi connectivity index (χ4n) is 3.70. The zero-order valence-electron chi connectivity index (χ0n) is 13.6. The van der Waals surface area contributed by atoms with Gasteiger partial charge in [0.1, 0.15) is 0 Å². The highest BCUT2D eigenvalue weighted by molar-refractivity contribution is 5.83. The van der Waals surface area contributed by atoms with Crippen LogP contribution in [0.5, 0.6) is 0 Å². The third-order valence-corrected chi connectivity index (χ3v) is 4.46. The van der Waals surface area contributed by atoms with Crippen molar-refractivity contribution in [1.29, 1.82) is 0 Å². The Kier molecular flexibility index (Phi) is 4.31. The van der Waals surface area contributed by atoms with Crippen molar-refractivity contribution >= 4 is 5.97 Å². The maximum atomic E-state index is 11.6. The quantitative estimate of drug-likeness (QED) is 0.494. The Morgan fingerprint density at radius 1 is 1.48 bits per heavy atom. The topological polar surface area (TPSA) is 55.8 Å². The van der Waals surface area contributed by atoms with Crippen molar-refractivity contribution < 1.29 is 19.4 Å². The summed E-state index contributed by atoms with van der Waals surface area (Å²) >= 11 is 0. The summed E-state index contributed by atoms with van der Waals surface area (Å²) in [4.78, 5) is 11.6. The SMILES string of the molecule is CCOC(=O)/C=C(\C)C1C=C2C(C)(C)C[C@H](O)C[C@@]2(C)O1. The summed E-state index contributed by atoms with van der Waals surface area (Å²) in [6, 6.07) is 0. The summed E-state index contributed by atoms with van der Waals surface area (Å²) < 4.78 is 11.1. The molecular weight excluding hydrogens is 268 g/mol. The number of carbonyl (C=O) groups excluding carboxylic acids is 1. The molecule has 3 atom stereocenters. The van der Waals surface area contributed by atoms with Gasteiger partial charge in [-0.3, -0.25) is 0 Å². The van der Waals surface area contributed by atoms with E-state index in [1.807, 2.05) is 13.8 Å². The van der Waals surface area contributed by atoms with Crippen molar-refractivity contribution in [1.82, 2.24) is 0 Å². The Balaban J connectivity index is 2.24. The second-order valence-electron chi connectivity index (χ2n) is 6.94. The molecule has 0 spiro atoms. The summed E-state index contributed by atoms with van der Waals surface area (Å²) in [6.07, 6.45) is 4.37. The molecule has 1 saturated carbocycles. The van der Waals surface area contributed by atoms with Crippen LogP contribution in [0, 0.1) is 5.41 Å². The first-order chi connectivity index (χ1) is 9.68. The molecule has 2 aliphatic rings. The molecule has 0 aromatic heterocycles. The van der Waals surface area contributed by atoms with E-state index in [1.54, 1.807) is 6.92 Å². The number of ether oxygens (including phenoxy) is 2. The van der Waals surface area contributed by atoms with Crippen LogP contribution in [0.4, 0.5) is 0 Å². The van der Waals surface area contributed by atoms with Gasteiger partial charge in [-0.2, -0.15) is 0 Å². The molecule has 21 heavy (non-hydrogen) atoms. The molecule has 4 nitrogen and oxygen atoms in total. The number of hydrogen-bond donors (Lipinski definition) is 1. The van der Waals surface area contributed by atoms with Crippen molar-refractivity contribution in [2.75, 3.05) is 6.61 Å². The Hall–Kier alpha value is -1.13. The molecule has 0 radical (unpaired) electrons. The summed E-state index contributed by atoms with van der Waals surface area (Å²) in [5.74, 6) is -0.337. The van der Waals surface area contributed by atoms with Gasteiger partial charge in [0.25, 0.3) is 0 Å². The van der Waals surface area contributed by atoms with Crippen LogP contribution in [-0.4, -0.2) is 35.5 Å². The van der Waals surface area contributed by atoms with Crippen LogP contribution >= 0.6 is 0 Å². The molecule has 4 heteroatoms. The van der Waals surface area contributed by atoms with Gasteiger partial charge in [-0.1, -0.05) is 13.8 Å². The number of carbonyl (C=O) groups is 1. The van der Waals surface area contributed by atoms with Crippen LogP contribution in [0.2, 0.25) is 0 Å². The molecule has 0 amide bonds. The predicted octanol–water partition coefficient (Wildman–Crippen LogP) is 2.76. The van der Waals surface area contributed by atoms with Crippen molar-refractivity contribution in [3.05, 3.63) is 23.3 Å². The predicted molar refractivity (Wildman–Crippen MR) is 80.8 cm³/mol. The number of aliphatic hydroxyl groups excluding tert-OH is 1. The minimum Gasteiger partial charge on any atom is -0.463 e. The first kappa shape index (κ1) is 16.2. The third kappa shape index (κ3) is 3.22. The molecule has 118 valence electrons. The van der Waals surface area contributed by atoms with Gasteiger partial charge in [0, 0.05) is 12.5 Å². The van der Waals surface area contributed by atoms with E-state index in [0.29, 0.717) is 13.0 Å². The van der Waals surface area contributed by atoms with Gasteiger partial charge in [-0.05, 0) is 49.8 Å². The van der Waals surface area contributed by atoms with Crippen LogP contribution in [-0.2, 0) is 14.3 Å². The van der Waals surface area contributed by atoms with Gasteiger partial charge < -0.3 is 14.6 Å². The van der Waals surface area contributed by atoms with Gasteiger partial charge >= 0.3 is 5.97 Å². The molecule has 1 fully saturated rings. The lowest BCUT2D eigenvalue weighted by atomic mass is 9.65. The molecule has 0 bridgehead atoms. The average molecular weight is 294 g/mol. The van der Waals surface area contributed by atoms with Crippen molar-refractivity contribution in [3.8, 4) is 0 Å². The number of rotatable bonds is 3. The maximum Gasteiger partial charge on any atom is 0.330 e. The lowest BCUT2D eigenvalue weighted by Gasteiger charge is -2.44.